The molecule has 0 spiro atoms. The first kappa shape index (κ1) is 15.4. The number of hydrogen-bond donors (Lipinski definition) is 1. The van der Waals surface area contributed by atoms with Gasteiger partial charge in [0.25, 0.3) is 0 Å². The highest BCUT2D eigenvalue weighted by atomic mass is 79.9. The zero-order chi connectivity index (χ0) is 14.7. The van der Waals surface area contributed by atoms with Gasteiger partial charge in [0.15, 0.2) is 0 Å². The third-order valence-electron chi connectivity index (χ3n) is 3.31. The Morgan fingerprint density at radius 3 is 2.50 bits per heavy atom. The van der Waals surface area contributed by atoms with Crippen LogP contribution in [0.2, 0.25) is 5.02 Å². The summed E-state index contributed by atoms with van der Waals surface area (Å²) in [6, 6.07) is 12.2. The van der Waals surface area contributed by atoms with Crippen molar-refractivity contribution in [1.29, 1.82) is 0 Å². The van der Waals surface area contributed by atoms with Crippen molar-refractivity contribution in [1.82, 2.24) is 5.32 Å². The highest BCUT2D eigenvalue weighted by Crippen LogP contribution is 2.32. The van der Waals surface area contributed by atoms with Gasteiger partial charge in [0, 0.05) is 9.50 Å². The van der Waals surface area contributed by atoms with Crippen LogP contribution in [0.3, 0.4) is 0 Å². The molecule has 0 saturated carbocycles. The number of benzene rings is 2. The van der Waals surface area contributed by atoms with E-state index in [0.717, 1.165) is 26.4 Å². The van der Waals surface area contributed by atoms with Gasteiger partial charge in [0.05, 0.1) is 13.2 Å². The highest BCUT2D eigenvalue weighted by Gasteiger charge is 2.16. The summed E-state index contributed by atoms with van der Waals surface area (Å²) in [6.07, 6.45) is 0. The minimum absolute atomic E-state index is 0.103. The minimum atomic E-state index is 0.103. The third-order valence-corrected chi connectivity index (χ3v) is 4.24. The van der Waals surface area contributed by atoms with Crippen LogP contribution >= 0.6 is 27.5 Å². The molecule has 4 heteroatoms. The first-order valence-corrected chi connectivity index (χ1v) is 7.50. The molecule has 106 valence electrons. The molecule has 0 amide bonds. The zero-order valence-corrected chi connectivity index (χ0v) is 14.0. The van der Waals surface area contributed by atoms with Crippen molar-refractivity contribution in [3.05, 3.63) is 62.6 Å². The van der Waals surface area contributed by atoms with Crippen molar-refractivity contribution in [2.75, 3.05) is 14.2 Å². The van der Waals surface area contributed by atoms with Crippen LogP contribution in [0.15, 0.2) is 40.9 Å². The molecule has 2 rings (SSSR count). The van der Waals surface area contributed by atoms with E-state index < -0.39 is 0 Å². The Bertz CT molecular complexity index is 615. The van der Waals surface area contributed by atoms with Crippen LogP contribution in [-0.4, -0.2) is 14.2 Å². The number of hydrogen-bond acceptors (Lipinski definition) is 2. The van der Waals surface area contributed by atoms with E-state index in [1.807, 2.05) is 38.2 Å². The van der Waals surface area contributed by atoms with Crippen molar-refractivity contribution in [3.8, 4) is 5.75 Å². The third kappa shape index (κ3) is 3.17. The smallest absolute Gasteiger partial charge is 0.121 e. The summed E-state index contributed by atoms with van der Waals surface area (Å²) in [5.74, 6) is 0.902. The second-order valence-electron chi connectivity index (χ2n) is 4.62. The molecule has 0 bridgehead atoms. The molecule has 2 aromatic carbocycles. The van der Waals surface area contributed by atoms with E-state index in [0.29, 0.717) is 0 Å². The Labute approximate surface area is 133 Å². The number of aryl methyl sites for hydroxylation is 1. The summed E-state index contributed by atoms with van der Waals surface area (Å²) in [4.78, 5) is 0. The second kappa shape index (κ2) is 6.61. The monoisotopic (exact) mass is 353 g/mol. The zero-order valence-electron chi connectivity index (χ0n) is 11.7. The molecule has 2 aromatic rings. The van der Waals surface area contributed by atoms with Gasteiger partial charge < -0.3 is 10.1 Å². The van der Waals surface area contributed by atoms with Crippen LogP contribution in [0.1, 0.15) is 22.7 Å². The molecule has 0 radical (unpaired) electrons. The molecular weight excluding hydrogens is 338 g/mol. The molecule has 0 aliphatic carbocycles. The van der Waals surface area contributed by atoms with Gasteiger partial charge in [-0.25, -0.2) is 0 Å². The highest BCUT2D eigenvalue weighted by molar-refractivity contribution is 9.10. The van der Waals surface area contributed by atoms with E-state index in [-0.39, 0.29) is 6.04 Å². The van der Waals surface area contributed by atoms with Crippen LogP contribution in [0.4, 0.5) is 0 Å². The van der Waals surface area contributed by atoms with Crippen molar-refractivity contribution in [2.45, 2.75) is 13.0 Å². The summed E-state index contributed by atoms with van der Waals surface area (Å²) < 4.78 is 6.31. The fraction of sp³-hybridized carbons (Fsp3) is 0.250. The largest absolute Gasteiger partial charge is 0.496 e. The number of nitrogens with one attached hydrogen (secondary N) is 1. The van der Waals surface area contributed by atoms with E-state index in [4.69, 9.17) is 16.3 Å². The molecule has 1 atom stereocenters. The van der Waals surface area contributed by atoms with Crippen molar-refractivity contribution < 1.29 is 4.74 Å². The molecule has 2 nitrogen and oxygen atoms in total. The molecule has 0 aromatic heterocycles. The first-order chi connectivity index (χ1) is 9.56. The topological polar surface area (TPSA) is 21.3 Å². The molecule has 0 aliphatic heterocycles. The fourth-order valence-corrected chi connectivity index (χ4v) is 3.23. The summed E-state index contributed by atoms with van der Waals surface area (Å²) in [6.45, 7) is 2.05. The Morgan fingerprint density at radius 2 is 1.95 bits per heavy atom. The van der Waals surface area contributed by atoms with Crippen LogP contribution in [0.25, 0.3) is 0 Å². The summed E-state index contributed by atoms with van der Waals surface area (Å²) >= 11 is 9.59. The number of methoxy groups -OCH3 is 1. The Hall–Kier alpha value is -1.03. The van der Waals surface area contributed by atoms with E-state index >= 15 is 0 Å². The Kier molecular flexibility index (Phi) is 5.08. The van der Waals surface area contributed by atoms with Crippen LogP contribution in [0.5, 0.6) is 5.75 Å². The average Bonchev–Trinajstić information content (AvgIpc) is 2.42. The van der Waals surface area contributed by atoms with Crippen LogP contribution < -0.4 is 10.1 Å². The molecular formula is C16H17BrClNO. The number of ether oxygens (including phenoxy) is 1. The standard InChI is InChI=1S/C16H17BrClNO/c1-10-8-11(4-7-15(10)20-3)16(19-2)13-6-5-12(18)9-14(13)17/h4-9,16,19H,1-3H3. The normalized spacial score (nSPS) is 12.2. The van der Waals surface area contributed by atoms with Crippen molar-refractivity contribution in [3.63, 3.8) is 0 Å². The summed E-state index contributed by atoms with van der Waals surface area (Å²) in [7, 11) is 3.64. The molecule has 20 heavy (non-hydrogen) atoms. The van der Waals surface area contributed by atoms with Gasteiger partial charge in [-0.1, -0.05) is 45.7 Å². The molecule has 0 fully saturated rings. The minimum Gasteiger partial charge on any atom is -0.496 e. The lowest BCUT2D eigenvalue weighted by Crippen LogP contribution is -2.18. The Morgan fingerprint density at radius 1 is 1.20 bits per heavy atom. The molecule has 0 aliphatic rings. The van der Waals surface area contributed by atoms with Crippen molar-refractivity contribution >= 4 is 27.5 Å². The maximum absolute atomic E-state index is 6.01. The van der Waals surface area contributed by atoms with Crippen LogP contribution in [-0.2, 0) is 0 Å². The lowest BCUT2D eigenvalue weighted by molar-refractivity contribution is 0.411. The van der Waals surface area contributed by atoms with E-state index in [2.05, 4.69) is 33.4 Å². The number of rotatable bonds is 4. The van der Waals surface area contributed by atoms with Gasteiger partial charge in [-0.3, -0.25) is 0 Å². The van der Waals surface area contributed by atoms with Gasteiger partial charge in [-0.2, -0.15) is 0 Å². The first-order valence-electron chi connectivity index (χ1n) is 6.33. The lowest BCUT2D eigenvalue weighted by atomic mass is 9.97. The van der Waals surface area contributed by atoms with Crippen molar-refractivity contribution in [2.24, 2.45) is 0 Å². The van der Waals surface area contributed by atoms with Crippen LogP contribution in [0, 0.1) is 6.92 Å². The predicted octanol–water partition coefficient (Wildman–Crippen LogP) is 4.73. The maximum atomic E-state index is 6.01. The predicted molar refractivity (Wildman–Crippen MR) is 87.8 cm³/mol. The average molecular weight is 355 g/mol. The van der Waals surface area contributed by atoms with Gasteiger partial charge >= 0.3 is 0 Å². The van der Waals surface area contributed by atoms with E-state index in [9.17, 15) is 0 Å². The second-order valence-corrected chi connectivity index (χ2v) is 5.91. The molecule has 1 N–H and O–H groups in total. The summed E-state index contributed by atoms with van der Waals surface area (Å²) in [5.41, 5.74) is 3.46. The fourth-order valence-electron chi connectivity index (χ4n) is 2.32. The van der Waals surface area contributed by atoms with E-state index in [1.165, 1.54) is 5.56 Å². The Balaban J connectivity index is 2.44. The molecule has 0 saturated heterocycles. The SMILES string of the molecule is CNC(c1ccc(OC)c(C)c1)c1ccc(Cl)cc1Br. The van der Waals surface area contributed by atoms with E-state index in [1.54, 1.807) is 7.11 Å². The van der Waals surface area contributed by atoms with Gasteiger partial charge in [0.2, 0.25) is 0 Å². The molecule has 1 unspecified atom stereocenters. The van der Waals surface area contributed by atoms with Gasteiger partial charge in [-0.15, -0.1) is 0 Å². The van der Waals surface area contributed by atoms with Gasteiger partial charge in [0.1, 0.15) is 5.75 Å². The summed E-state index contributed by atoms with van der Waals surface area (Å²) in [5, 5.41) is 4.07. The lowest BCUT2D eigenvalue weighted by Gasteiger charge is -2.20. The quantitative estimate of drug-likeness (QED) is 0.857. The maximum Gasteiger partial charge on any atom is 0.121 e. The number of halogens is 2. The molecule has 0 heterocycles. The van der Waals surface area contributed by atoms with Gasteiger partial charge in [-0.05, 0) is 48.9 Å².